The molecule has 4 heteroatoms. The van der Waals surface area contributed by atoms with Crippen LogP contribution in [0, 0.1) is 0 Å². The molecule has 0 aliphatic rings. The Bertz CT molecular complexity index is 315. The van der Waals surface area contributed by atoms with Crippen molar-refractivity contribution in [2.75, 3.05) is 20.8 Å². The molecule has 0 aliphatic carbocycles. The third-order valence-electron chi connectivity index (χ3n) is 2.24. The summed E-state index contributed by atoms with van der Waals surface area (Å²) in [5, 5.41) is 9.84. The zero-order chi connectivity index (χ0) is 11.3. The molecular weight excluding hydrogens is 194 g/mol. The number of aliphatic hydroxyl groups excluding tert-OH is 1. The normalized spacial score (nSPS) is 12.3. The van der Waals surface area contributed by atoms with E-state index in [-0.39, 0.29) is 0 Å². The summed E-state index contributed by atoms with van der Waals surface area (Å²) in [7, 11) is 3.15. The van der Waals surface area contributed by atoms with Crippen LogP contribution in [0.15, 0.2) is 18.2 Å². The molecule has 0 aliphatic heterocycles. The third kappa shape index (κ3) is 2.84. The lowest BCUT2D eigenvalue weighted by atomic mass is 10.1. The summed E-state index contributed by atoms with van der Waals surface area (Å²) < 4.78 is 10.2. The van der Waals surface area contributed by atoms with Crippen LogP contribution in [0.1, 0.15) is 18.1 Å². The van der Waals surface area contributed by atoms with Crippen LogP contribution in [0.25, 0.3) is 0 Å². The average molecular weight is 211 g/mol. The van der Waals surface area contributed by atoms with Gasteiger partial charge >= 0.3 is 0 Å². The van der Waals surface area contributed by atoms with Crippen LogP contribution in [0.5, 0.6) is 11.5 Å². The lowest BCUT2D eigenvalue weighted by molar-refractivity contribution is 0.165. The lowest BCUT2D eigenvalue weighted by Crippen LogP contribution is -2.08. The minimum atomic E-state index is -0.611. The minimum absolute atomic E-state index is 0.432. The first-order valence-corrected chi connectivity index (χ1v) is 4.83. The second kappa shape index (κ2) is 5.58. The van der Waals surface area contributed by atoms with Gasteiger partial charge in [-0.2, -0.15) is 0 Å². The van der Waals surface area contributed by atoms with Gasteiger partial charge in [0.1, 0.15) is 11.5 Å². The number of ether oxygens (including phenoxy) is 2. The monoisotopic (exact) mass is 211 g/mol. The predicted octanol–water partition coefficient (Wildman–Crippen LogP) is 1.09. The van der Waals surface area contributed by atoms with Gasteiger partial charge in [0.25, 0.3) is 0 Å². The van der Waals surface area contributed by atoms with Crippen LogP contribution in [-0.2, 0) is 0 Å². The van der Waals surface area contributed by atoms with E-state index in [0.717, 1.165) is 0 Å². The molecule has 0 heterocycles. The van der Waals surface area contributed by atoms with Crippen LogP contribution in [-0.4, -0.2) is 25.9 Å². The van der Waals surface area contributed by atoms with E-state index in [4.69, 9.17) is 15.2 Å². The molecule has 0 aromatic heterocycles. The molecule has 1 atom stereocenters. The summed E-state index contributed by atoms with van der Waals surface area (Å²) in [5.74, 6) is 1.35. The number of benzene rings is 1. The molecule has 0 bridgehead atoms. The fourth-order valence-corrected chi connectivity index (χ4v) is 1.41. The Morgan fingerprint density at radius 1 is 1.33 bits per heavy atom. The van der Waals surface area contributed by atoms with E-state index in [9.17, 15) is 5.11 Å². The number of aliphatic hydroxyl groups is 1. The van der Waals surface area contributed by atoms with Crippen molar-refractivity contribution in [2.24, 2.45) is 5.73 Å². The van der Waals surface area contributed by atoms with Crippen molar-refractivity contribution in [1.82, 2.24) is 0 Å². The Labute approximate surface area is 89.6 Å². The summed E-state index contributed by atoms with van der Waals surface area (Å²) >= 11 is 0. The maximum atomic E-state index is 9.84. The van der Waals surface area contributed by atoms with Gasteiger partial charge in [0.15, 0.2) is 0 Å². The predicted molar refractivity (Wildman–Crippen MR) is 58.2 cm³/mol. The number of hydrogen-bond acceptors (Lipinski definition) is 4. The van der Waals surface area contributed by atoms with E-state index in [1.165, 1.54) is 0 Å². The van der Waals surface area contributed by atoms with E-state index in [2.05, 4.69) is 0 Å². The highest BCUT2D eigenvalue weighted by Crippen LogP contribution is 2.30. The Hall–Kier alpha value is -1.26. The van der Waals surface area contributed by atoms with Gasteiger partial charge in [-0.05, 0) is 31.2 Å². The first-order valence-electron chi connectivity index (χ1n) is 4.83. The molecule has 4 nitrogen and oxygen atoms in total. The fourth-order valence-electron chi connectivity index (χ4n) is 1.41. The molecule has 0 spiro atoms. The minimum Gasteiger partial charge on any atom is -0.497 e. The Balaban J connectivity index is 3.00. The second-order valence-electron chi connectivity index (χ2n) is 3.20. The summed E-state index contributed by atoms with van der Waals surface area (Å²) in [5.41, 5.74) is 6.11. The van der Waals surface area contributed by atoms with Gasteiger partial charge < -0.3 is 20.3 Å². The zero-order valence-corrected chi connectivity index (χ0v) is 9.06. The van der Waals surface area contributed by atoms with Crippen LogP contribution >= 0.6 is 0 Å². The quantitative estimate of drug-likeness (QED) is 0.765. The lowest BCUT2D eigenvalue weighted by Gasteiger charge is -2.15. The first-order chi connectivity index (χ1) is 7.22. The van der Waals surface area contributed by atoms with Gasteiger partial charge in [0.05, 0.1) is 20.3 Å². The molecule has 0 amide bonds. The van der Waals surface area contributed by atoms with Crippen molar-refractivity contribution >= 4 is 0 Å². The van der Waals surface area contributed by atoms with Crippen molar-refractivity contribution in [3.05, 3.63) is 23.8 Å². The average Bonchev–Trinajstić information content (AvgIpc) is 2.28. The maximum absolute atomic E-state index is 9.84. The van der Waals surface area contributed by atoms with Gasteiger partial charge in [-0.1, -0.05) is 0 Å². The summed E-state index contributed by atoms with van der Waals surface area (Å²) in [6, 6.07) is 5.32. The molecule has 0 radical (unpaired) electrons. The third-order valence-corrected chi connectivity index (χ3v) is 2.24. The molecule has 0 unspecified atom stereocenters. The molecule has 1 rings (SSSR count). The Morgan fingerprint density at radius 2 is 2.07 bits per heavy atom. The molecule has 1 aromatic rings. The standard InChI is InChI=1S/C11H17NO3/c1-14-8-3-4-11(15-2)9(7-8)10(13)5-6-12/h3-4,7,10,13H,5-6,12H2,1-2H3/t10-/m0/s1. The fraction of sp³-hybridized carbons (Fsp3) is 0.455. The molecule has 3 N–H and O–H groups in total. The van der Waals surface area contributed by atoms with Crippen LogP contribution < -0.4 is 15.2 Å². The summed E-state index contributed by atoms with van der Waals surface area (Å²) in [6.45, 7) is 0.432. The van der Waals surface area contributed by atoms with Crippen molar-refractivity contribution in [2.45, 2.75) is 12.5 Å². The Kier molecular flexibility index (Phi) is 4.39. The number of methoxy groups -OCH3 is 2. The van der Waals surface area contributed by atoms with Crippen molar-refractivity contribution in [1.29, 1.82) is 0 Å². The van der Waals surface area contributed by atoms with E-state index < -0.39 is 6.10 Å². The van der Waals surface area contributed by atoms with E-state index in [0.29, 0.717) is 30.0 Å². The molecular formula is C11H17NO3. The topological polar surface area (TPSA) is 64.7 Å². The SMILES string of the molecule is COc1ccc(OC)c([C@@H](O)CCN)c1. The number of hydrogen-bond donors (Lipinski definition) is 2. The van der Waals surface area contributed by atoms with Gasteiger partial charge in [-0.25, -0.2) is 0 Å². The summed E-state index contributed by atoms with van der Waals surface area (Å²) in [4.78, 5) is 0. The first kappa shape index (κ1) is 11.8. The molecule has 0 saturated carbocycles. The molecule has 84 valence electrons. The van der Waals surface area contributed by atoms with Crippen molar-refractivity contribution in [3.8, 4) is 11.5 Å². The van der Waals surface area contributed by atoms with E-state index in [1.54, 1.807) is 32.4 Å². The van der Waals surface area contributed by atoms with Gasteiger partial charge in [0, 0.05) is 5.56 Å². The summed E-state index contributed by atoms with van der Waals surface area (Å²) in [6.07, 6.45) is -0.108. The number of rotatable bonds is 5. The van der Waals surface area contributed by atoms with E-state index in [1.807, 2.05) is 0 Å². The van der Waals surface area contributed by atoms with Gasteiger partial charge in [0.2, 0.25) is 0 Å². The largest absolute Gasteiger partial charge is 0.497 e. The molecule has 0 fully saturated rings. The van der Waals surface area contributed by atoms with Crippen molar-refractivity contribution in [3.63, 3.8) is 0 Å². The van der Waals surface area contributed by atoms with E-state index >= 15 is 0 Å². The zero-order valence-electron chi connectivity index (χ0n) is 9.06. The highest BCUT2D eigenvalue weighted by molar-refractivity contribution is 5.41. The molecule has 15 heavy (non-hydrogen) atoms. The van der Waals surface area contributed by atoms with Crippen molar-refractivity contribution < 1.29 is 14.6 Å². The second-order valence-corrected chi connectivity index (χ2v) is 3.20. The van der Waals surface area contributed by atoms with Crippen LogP contribution in [0.2, 0.25) is 0 Å². The van der Waals surface area contributed by atoms with Crippen LogP contribution in [0.3, 0.4) is 0 Å². The number of nitrogens with two attached hydrogens (primary N) is 1. The molecule has 0 saturated heterocycles. The highest BCUT2D eigenvalue weighted by Gasteiger charge is 2.13. The molecule has 1 aromatic carbocycles. The van der Waals surface area contributed by atoms with Gasteiger partial charge in [-0.3, -0.25) is 0 Å². The van der Waals surface area contributed by atoms with Crippen LogP contribution in [0.4, 0.5) is 0 Å². The smallest absolute Gasteiger partial charge is 0.124 e. The Morgan fingerprint density at radius 3 is 2.60 bits per heavy atom. The highest BCUT2D eigenvalue weighted by atomic mass is 16.5. The van der Waals surface area contributed by atoms with Gasteiger partial charge in [-0.15, -0.1) is 0 Å². The maximum Gasteiger partial charge on any atom is 0.124 e.